The van der Waals surface area contributed by atoms with Gasteiger partial charge < -0.3 is 62.1 Å². The van der Waals surface area contributed by atoms with Crippen molar-refractivity contribution in [2.24, 2.45) is 17.2 Å². The molecule has 2 fully saturated rings. The summed E-state index contributed by atoms with van der Waals surface area (Å²) in [5.74, 6) is -4.93. The number of hydrogen-bond acceptors (Lipinski definition) is 13. The van der Waals surface area contributed by atoms with E-state index < -0.39 is 86.2 Å². The summed E-state index contributed by atoms with van der Waals surface area (Å²) >= 11 is 4.10. The quantitative estimate of drug-likeness (QED) is 0.0276. The second-order valence-corrected chi connectivity index (χ2v) is 22.2. The van der Waals surface area contributed by atoms with Crippen LogP contribution < -0.4 is 27.8 Å². The summed E-state index contributed by atoms with van der Waals surface area (Å²) in [5, 5.41) is 5.89. The number of carbonyl (C=O) groups excluding carboxylic acids is 9. The van der Waals surface area contributed by atoms with E-state index in [2.05, 4.69) is 29.8 Å². The fourth-order valence-electron chi connectivity index (χ4n) is 10.6. The molecule has 2 saturated carbocycles. The molecule has 0 saturated heterocycles. The standard InChI is InChI=1S/C62H90N12O9S/c1-3-33-68(40-57(78)70(35-20-18-32-64)41-56(77)69(34-19-17-31-63)39-54(75)67-53(46-84)62(65)83)58(79)44-73(47(2)50-25-11-6-12-26-50)60(81)42-72(38-49-23-9-5-10-24-49)59(80)45-74(52-29-15-16-30-52)61(82)43-71(37-48-21-7-4-8-22-48)55(76)36-66-51-27-13-14-28-51/h3-12,21-26,47,51-53,66,84H,1,13-20,27-46,63-64H2,2H3,(H2,65,83)(H,67,75)/t47-,53+/m0/s1. The van der Waals surface area contributed by atoms with Crippen LogP contribution in [-0.4, -0.2) is 196 Å². The van der Waals surface area contributed by atoms with Gasteiger partial charge in [-0.2, -0.15) is 12.6 Å². The highest BCUT2D eigenvalue weighted by Crippen LogP contribution is 2.26. The first-order valence-electron chi connectivity index (χ1n) is 29.6. The van der Waals surface area contributed by atoms with Crippen molar-refractivity contribution in [3.63, 3.8) is 0 Å². The minimum atomic E-state index is -1.07. The number of carbonyl (C=O) groups is 9. The van der Waals surface area contributed by atoms with Crippen LogP contribution in [0.25, 0.3) is 0 Å². The highest BCUT2D eigenvalue weighted by atomic mass is 32.1. The van der Waals surface area contributed by atoms with Crippen molar-refractivity contribution in [1.29, 1.82) is 0 Å². The van der Waals surface area contributed by atoms with Gasteiger partial charge in [0.2, 0.25) is 53.2 Å². The molecule has 458 valence electrons. The average molecular weight is 1180 g/mol. The normalized spacial score (nSPS) is 14.0. The maximum absolute atomic E-state index is 15.2. The lowest BCUT2D eigenvalue weighted by atomic mass is 10.1. The number of nitrogens with one attached hydrogen (secondary N) is 2. The lowest BCUT2D eigenvalue weighted by Gasteiger charge is -2.35. The number of unbranched alkanes of at least 4 members (excludes halogenated alkanes) is 2. The van der Waals surface area contributed by atoms with Crippen LogP contribution in [0.1, 0.15) is 107 Å². The minimum Gasteiger partial charge on any atom is -0.368 e. The van der Waals surface area contributed by atoms with Crippen LogP contribution in [0.4, 0.5) is 0 Å². The van der Waals surface area contributed by atoms with Crippen molar-refractivity contribution in [1.82, 2.24) is 44.9 Å². The minimum absolute atomic E-state index is 0.000452. The van der Waals surface area contributed by atoms with Gasteiger partial charge in [-0.1, -0.05) is 123 Å². The number of amides is 9. The molecule has 2 aliphatic rings. The fraction of sp³-hybridized carbons (Fsp3) is 0.532. The molecule has 0 aromatic heterocycles. The number of rotatable bonds is 37. The predicted octanol–water partition coefficient (Wildman–Crippen LogP) is 2.99. The second kappa shape index (κ2) is 36.5. The molecule has 0 bridgehead atoms. The molecule has 84 heavy (non-hydrogen) atoms. The van der Waals surface area contributed by atoms with Crippen molar-refractivity contribution in [2.75, 3.05) is 90.8 Å². The Balaban J connectivity index is 1.40. The second-order valence-electron chi connectivity index (χ2n) is 21.8. The number of thiol groups is 1. The largest absolute Gasteiger partial charge is 0.368 e. The molecule has 3 aromatic rings. The Hall–Kier alpha value is -7.14. The van der Waals surface area contributed by atoms with Gasteiger partial charge in [0, 0.05) is 50.6 Å². The third-order valence-corrected chi connectivity index (χ3v) is 15.8. The van der Waals surface area contributed by atoms with E-state index in [0.717, 1.165) is 49.7 Å². The van der Waals surface area contributed by atoms with Crippen molar-refractivity contribution in [3.05, 3.63) is 120 Å². The molecule has 0 spiro atoms. The molecule has 0 unspecified atom stereocenters. The van der Waals surface area contributed by atoms with E-state index in [4.69, 9.17) is 17.2 Å². The van der Waals surface area contributed by atoms with Gasteiger partial charge in [0.05, 0.1) is 25.7 Å². The smallest absolute Gasteiger partial charge is 0.243 e. The highest BCUT2D eigenvalue weighted by Gasteiger charge is 2.35. The molecule has 8 N–H and O–H groups in total. The van der Waals surface area contributed by atoms with Crippen molar-refractivity contribution in [2.45, 2.75) is 121 Å². The molecule has 5 rings (SSSR count). The van der Waals surface area contributed by atoms with E-state index in [1.165, 1.54) is 30.6 Å². The van der Waals surface area contributed by atoms with Crippen LogP contribution in [0.5, 0.6) is 0 Å². The SMILES string of the molecule is C=CCN(CC(=O)N(CCCCN)CC(=O)N(CCCCN)CC(=O)N[C@H](CS)C(N)=O)C(=O)CN(C(=O)CN(Cc1ccccc1)C(=O)CN(C(=O)CN(Cc1ccccc1)C(=O)CNC1CCCC1)C1CCCC1)[C@@H](C)c1ccccc1. The van der Waals surface area contributed by atoms with Gasteiger partial charge in [0.15, 0.2) is 0 Å². The molecule has 21 nitrogen and oxygen atoms in total. The first-order chi connectivity index (χ1) is 40.5. The molecular formula is C62H90N12O9S. The van der Waals surface area contributed by atoms with Gasteiger partial charge in [0.1, 0.15) is 38.8 Å². The van der Waals surface area contributed by atoms with Gasteiger partial charge in [-0.25, -0.2) is 0 Å². The van der Waals surface area contributed by atoms with Crippen LogP contribution in [0.2, 0.25) is 0 Å². The first kappa shape index (κ1) is 67.6. The molecule has 0 radical (unpaired) electrons. The summed E-state index contributed by atoms with van der Waals surface area (Å²) in [6.07, 6.45) is 10.6. The number of primary amides is 1. The topological polar surface area (TPSA) is 278 Å². The highest BCUT2D eigenvalue weighted by molar-refractivity contribution is 7.80. The van der Waals surface area contributed by atoms with E-state index in [0.29, 0.717) is 57.2 Å². The maximum atomic E-state index is 15.2. The number of nitrogens with zero attached hydrogens (tertiary/aromatic N) is 7. The molecule has 3 aromatic carbocycles. The fourth-order valence-corrected chi connectivity index (χ4v) is 10.8. The summed E-state index contributed by atoms with van der Waals surface area (Å²) in [6.45, 7) is 3.67. The zero-order chi connectivity index (χ0) is 60.8. The summed E-state index contributed by atoms with van der Waals surface area (Å²) in [5.41, 5.74) is 19.3. The van der Waals surface area contributed by atoms with E-state index in [-0.39, 0.29) is 82.0 Å². The van der Waals surface area contributed by atoms with Crippen molar-refractivity contribution in [3.8, 4) is 0 Å². The molecule has 2 atom stereocenters. The van der Waals surface area contributed by atoms with Crippen LogP contribution in [0, 0.1) is 0 Å². The molecule has 2 aliphatic carbocycles. The van der Waals surface area contributed by atoms with Gasteiger partial charge in [-0.05, 0) is 88.1 Å². The Labute approximate surface area is 501 Å². The van der Waals surface area contributed by atoms with E-state index >= 15 is 9.59 Å². The summed E-state index contributed by atoms with van der Waals surface area (Å²) in [7, 11) is 0. The van der Waals surface area contributed by atoms with Gasteiger partial charge in [0.25, 0.3) is 0 Å². The van der Waals surface area contributed by atoms with Crippen LogP contribution in [0.3, 0.4) is 0 Å². The van der Waals surface area contributed by atoms with Crippen molar-refractivity contribution < 1.29 is 43.2 Å². The van der Waals surface area contributed by atoms with Gasteiger partial charge >= 0.3 is 0 Å². The Morgan fingerprint density at radius 1 is 0.571 bits per heavy atom. The van der Waals surface area contributed by atoms with Crippen molar-refractivity contribution >= 4 is 65.8 Å². The summed E-state index contributed by atoms with van der Waals surface area (Å²) in [6, 6.07) is 25.9. The Morgan fingerprint density at radius 2 is 1.04 bits per heavy atom. The predicted molar refractivity (Wildman–Crippen MR) is 326 cm³/mol. The van der Waals surface area contributed by atoms with Gasteiger partial charge in [-0.15, -0.1) is 6.58 Å². The first-order valence-corrected chi connectivity index (χ1v) is 30.2. The lowest BCUT2D eigenvalue weighted by molar-refractivity contribution is -0.150. The van der Waals surface area contributed by atoms with E-state index in [1.807, 2.05) is 91.0 Å². The average Bonchev–Trinajstić information content (AvgIpc) is 4.35. The summed E-state index contributed by atoms with van der Waals surface area (Å²) < 4.78 is 0. The Kier molecular flexibility index (Phi) is 29.4. The summed E-state index contributed by atoms with van der Waals surface area (Å²) in [4.78, 5) is 137. The van der Waals surface area contributed by atoms with E-state index in [1.54, 1.807) is 16.7 Å². The van der Waals surface area contributed by atoms with Crippen LogP contribution in [-0.2, 0) is 56.2 Å². The van der Waals surface area contributed by atoms with Gasteiger partial charge in [-0.3, -0.25) is 43.2 Å². The number of benzene rings is 3. The Morgan fingerprint density at radius 3 is 1.56 bits per heavy atom. The van der Waals surface area contributed by atoms with Crippen LogP contribution in [0.15, 0.2) is 104 Å². The maximum Gasteiger partial charge on any atom is 0.243 e. The molecule has 0 aliphatic heterocycles. The third kappa shape index (κ3) is 22.5. The number of hydrogen-bond donors (Lipinski definition) is 6. The monoisotopic (exact) mass is 1180 g/mol. The molecule has 0 heterocycles. The number of nitrogens with two attached hydrogens (primary N) is 3. The zero-order valence-electron chi connectivity index (χ0n) is 49.0. The third-order valence-electron chi connectivity index (χ3n) is 15.5. The zero-order valence-corrected chi connectivity index (χ0v) is 49.9. The lowest BCUT2D eigenvalue weighted by Crippen LogP contribution is -2.53. The van der Waals surface area contributed by atoms with E-state index in [9.17, 15) is 33.6 Å². The van der Waals surface area contributed by atoms with Crippen LogP contribution >= 0.6 is 12.6 Å². The molecule has 9 amide bonds. The molecule has 22 heteroatoms. The molecular weight excluding hydrogens is 1090 g/mol. The Bertz CT molecular complexity index is 2590.